The second kappa shape index (κ2) is 6.52. The highest BCUT2D eigenvalue weighted by atomic mass is 35.5. The minimum absolute atomic E-state index is 0.0153. The van der Waals surface area contributed by atoms with Gasteiger partial charge in [-0.1, -0.05) is 37.1 Å². The first-order chi connectivity index (χ1) is 9.63. The summed E-state index contributed by atoms with van der Waals surface area (Å²) < 4.78 is 5.42. The van der Waals surface area contributed by atoms with Gasteiger partial charge in [-0.15, -0.1) is 10.2 Å². The van der Waals surface area contributed by atoms with Gasteiger partial charge in [0.2, 0.25) is 5.89 Å². The number of carbonyl (C=O) groups excluding carboxylic acids is 1. The summed E-state index contributed by atoms with van der Waals surface area (Å²) in [5, 5.41) is 8.19. The van der Waals surface area contributed by atoms with E-state index < -0.39 is 0 Å². The fraction of sp³-hybridized carbons (Fsp3) is 0.357. The van der Waals surface area contributed by atoms with Gasteiger partial charge in [0.15, 0.2) is 0 Å². The minimum Gasteiger partial charge on any atom is -0.412 e. The van der Waals surface area contributed by atoms with Crippen LogP contribution in [-0.2, 0) is 0 Å². The zero-order valence-corrected chi connectivity index (χ0v) is 12.2. The summed E-state index contributed by atoms with van der Waals surface area (Å²) in [7, 11) is 1.72. The van der Waals surface area contributed by atoms with Crippen molar-refractivity contribution in [3.8, 4) is 11.5 Å². The Hall–Kier alpha value is -1.88. The molecule has 0 radical (unpaired) electrons. The van der Waals surface area contributed by atoms with E-state index in [0.717, 1.165) is 12.8 Å². The summed E-state index contributed by atoms with van der Waals surface area (Å²) in [5.41, 5.74) is 0.622. The molecule has 0 aliphatic heterocycles. The smallest absolute Gasteiger partial charge is 0.311 e. The molecule has 1 aromatic heterocycles. The van der Waals surface area contributed by atoms with Crippen LogP contribution in [0.3, 0.4) is 0 Å². The topological polar surface area (TPSA) is 59.2 Å². The van der Waals surface area contributed by atoms with Crippen LogP contribution in [0.1, 0.15) is 30.5 Å². The van der Waals surface area contributed by atoms with Gasteiger partial charge in [0.25, 0.3) is 0 Å². The number of aromatic nitrogens is 2. The zero-order chi connectivity index (χ0) is 14.5. The van der Waals surface area contributed by atoms with Crippen molar-refractivity contribution in [1.29, 1.82) is 0 Å². The monoisotopic (exact) mass is 293 g/mol. The highest BCUT2D eigenvalue weighted by Crippen LogP contribution is 2.26. The maximum atomic E-state index is 12.1. The van der Waals surface area contributed by atoms with Gasteiger partial charge in [0.1, 0.15) is 0 Å². The number of hydrogen-bond donors (Lipinski definition) is 0. The van der Waals surface area contributed by atoms with Gasteiger partial charge in [-0.3, -0.25) is 4.79 Å². The highest BCUT2D eigenvalue weighted by molar-refractivity contribution is 6.33. The van der Waals surface area contributed by atoms with Gasteiger partial charge in [-0.25, -0.2) is 0 Å². The first-order valence-corrected chi connectivity index (χ1v) is 6.85. The van der Waals surface area contributed by atoms with Crippen LogP contribution in [0.15, 0.2) is 28.7 Å². The highest BCUT2D eigenvalue weighted by Gasteiger charge is 2.20. The van der Waals surface area contributed by atoms with E-state index in [2.05, 4.69) is 17.1 Å². The number of carbonyl (C=O) groups is 1. The number of nitrogens with zero attached hydrogens (tertiary/aromatic N) is 3. The first kappa shape index (κ1) is 14.5. The summed E-state index contributed by atoms with van der Waals surface area (Å²) in [6.45, 7) is 2.74. The van der Waals surface area contributed by atoms with Gasteiger partial charge < -0.3 is 9.32 Å². The van der Waals surface area contributed by atoms with E-state index in [1.54, 1.807) is 24.1 Å². The molecule has 1 aromatic carbocycles. The fourth-order valence-corrected chi connectivity index (χ4v) is 1.93. The Morgan fingerprint density at radius 2 is 2.10 bits per heavy atom. The molecule has 20 heavy (non-hydrogen) atoms. The summed E-state index contributed by atoms with van der Waals surface area (Å²) in [5.74, 6) is -0.0365. The maximum Gasteiger partial charge on any atom is 0.311 e. The predicted molar refractivity (Wildman–Crippen MR) is 76.6 cm³/mol. The molecule has 0 spiro atoms. The molecule has 0 saturated heterocycles. The number of hydrogen-bond acceptors (Lipinski definition) is 4. The van der Waals surface area contributed by atoms with E-state index in [-0.39, 0.29) is 17.7 Å². The molecule has 2 rings (SSSR count). The van der Waals surface area contributed by atoms with Gasteiger partial charge in [0.05, 0.1) is 10.6 Å². The largest absolute Gasteiger partial charge is 0.412 e. The summed E-state index contributed by atoms with van der Waals surface area (Å²) in [6, 6.07) is 7.13. The third kappa shape index (κ3) is 3.17. The zero-order valence-electron chi connectivity index (χ0n) is 11.5. The number of amides is 1. The molecule has 6 heteroatoms. The van der Waals surface area contributed by atoms with Gasteiger partial charge >= 0.3 is 11.8 Å². The van der Waals surface area contributed by atoms with E-state index in [4.69, 9.17) is 16.0 Å². The minimum atomic E-state index is -0.274. The van der Waals surface area contributed by atoms with Crippen molar-refractivity contribution in [1.82, 2.24) is 15.1 Å². The van der Waals surface area contributed by atoms with Gasteiger partial charge in [0, 0.05) is 13.6 Å². The molecular formula is C14H16ClN3O2. The lowest BCUT2D eigenvalue weighted by Gasteiger charge is -2.13. The first-order valence-electron chi connectivity index (χ1n) is 6.47. The van der Waals surface area contributed by atoms with Gasteiger partial charge in [-0.2, -0.15) is 0 Å². The molecule has 0 aliphatic rings. The maximum absolute atomic E-state index is 12.1. The summed E-state index contributed by atoms with van der Waals surface area (Å²) in [4.78, 5) is 13.7. The van der Waals surface area contributed by atoms with Gasteiger partial charge in [-0.05, 0) is 18.6 Å². The molecule has 0 unspecified atom stereocenters. The molecule has 0 N–H and O–H groups in total. The average Bonchev–Trinajstić information content (AvgIpc) is 2.94. The molecule has 2 aromatic rings. The van der Waals surface area contributed by atoms with Crippen LogP contribution < -0.4 is 0 Å². The number of rotatable bonds is 5. The Morgan fingerprint density at radius 3 is 2.80 bits per heavy atom. The van der Waals surface area contributed by atoms with E-state index in [0.29, 0.717) is 17.1 Å². The van der Waals surface area contributed by atoms with Crippen LogP contribution in [0.5, 0.6) is 0 Å². The molecule has 1 amide bonds. The van der Waals surface area contributed by atoms with Crippen LogP contribution in [0, 0.1) is 0 Å². The molecule has 1 heterocycles. The number of unbranched alkanes of at least 4 members (excludes halogenated alkanes) is 1. The molecule has 0 fully saturated rings. The normalized spacial score (nSPS) is 10.6. The van der Waals surface area contributed by atoms with E-state index >= 15 is 0 Å². The Balaban J connectivity index is 2.17. The quantitative estimate of drug-likeness (QED) is 0.849. The van der Waals surface area contributed by atoms with E-state index in [9.17, 15) is 4.79 Å². The molecule has 0 saturated carbocycles. The standard InChI is InChI=1S/C14H16ClN3O2/c1-3-4-9-18(2)14(19)13-17-16-12(20-13)10-7-5-6-8-11(10)15/h5-8H,3-4,9H2,1-2H3. The van der Waals surface area contributed by atoms with E-state index in [1.807, 2.05) is 12.1 Å². The van der Waals surface area contributed by atoms with Crippen molar-refractivity contribution in [3.63, 3.8) is 0 Å². The van der Waals surface area contributed by atoms with Crippen molar-refractivity contribution in [2.45, 2.75) is 19.8 Å². The van der Waals surface area contributed by atoms with Crippen molar-refractivity contribution in [2.24, 2.45) is 0 Å². The fourth-order valence-electron chi connectivity index (χ4n) is 1.71. The molecule has 0 aliphatic carbocycles. The molecule has 106 valence electrons. The average molecular weight is 294 g/mol. The lowest BCUT2D eigenvalue weighted by Crippen LogP contribution is -2.27. The van der Waals surface area contributed by atoms with Crippen molar-refractivity contribution < 1.29 is 9.21 Å². The molecule has 0 atom stereocenters. The SMILES string of the molecule is CCCCN(C)C(=O)c1nnc(-c2ccccc2Cl)o1. The number of halogens is 1. The second-order valence-electron chi connectivity index (χ2n) is 4.47. The Bertz CT molecular complexity index is 598. The van der Waals surface area contributed by atoms with E-state index in [1.165, 1.54) is 0 Å². The van der Waals surface area contributed by atoms with Crippen LogP contribution >= 0.6 is 11.6 Å². The summed E-state index contributed by atoms with van der Waals surface area (Å²) >= 11 is 6.06. The molecular weight excluding hydrogens is 278 g/mol. The lowest BCUT2D eigenvalue weighted by molar-refractivity contribution is 0.0754. The lowest BCUT2D eigenvalue weighted by atomic mass is 10.2. The Morgan fingerprint density at radius 1 is 1.35 bits per heavy atom. The third-order valence-electron chi connectivity index (χ3n) is 2.91. The van der Waals surface area contributed by atoms with Crippen molar-refractivity contribution >= 4 is 17.5 Å². The van der Waals surface area contributed by atoms with Crippen LogP contribution in [0.2, 0.25) is 5.02 Å². The van der Waals surface area contributed by atoms with Crippen molar-refractivity contribution in [3.05, 3.63) is 35.2 Å². The predicted octanol–water partition coefficient (Wildman–Crippen LogP) is 3.26. The number of benzene rings is 1. The Labute approximate surface area is 122 Å². The summed E-state index contributed by atoms with van der Waals surface area (Å²) in [6.07, 6.45) is 1.96. The Kier molecular flexibility index (Phi) is 4.74. The van der Waals surface area contributed by atoms with Crippen LogP contribution in [0.4, 0.5) is 0 Å². The van der Waals surface area contributed by atoms with Crippen LogP contribution in [0.25, 0.3) is 11.5 Å². The van der Waals surface area contributed by atoms with Crippen LogP contribution in [-0.4, -0.2) is 34.6 Å². The second-order valence-corrected chi connectivity index (χ2v) is 4.88. The van der Waals surface area contributed by atoms with Crippen molar-refractivity contribution in [2.75, 3.05) is 13.6 Å². The molecule has 0 bridgehead atoms. The third-order valence-corrected chi connectivity index (χ3v) is 3.24. The molecule has 5 nitrogen and oxygen atoms in total.